The van der Waals surface area contributed by atoms with Crippen LogP contribution in [0.1, 0.15) is 33.0 Å². The second-order valence-corrected chi connectivity index (χ2v) is 13.1. The minimum atomic E-state index is -4.30. The molecular formula is C25H21Cl3N6O6S2. The van der Waals surface area contributed by atoms with Gasteiger partial charge in [0.2, 0.25) is 0 Å². The van der Waals surface area contributed by atoms with Crippen LogP contribution >= 0.6 is 46.1 Å². The van der Waals surface area contributed by atoms with E-state index < -0.39 is 40.8 Å². The Hall–Kier alpha value is -3.40. The van der Waals surface area contributed by atoms with E-state index in [0.29, 0.717) is 31.1 Å². The Balaban J connectivity index is 1.40. The third kappa shape index (κ3) is 8.33. The van der Waals surface area contributed by atoms with Crippen LogP contribution in [0.2, 0.25) is 15.1 Å². The number of carboxylic acid groups (broad SMARTS) is 1. The van der Waals surface area contributed by atoms with Gasteiger partial charge in [-0.15, -0.1) is 21.5 Å². The van der Waals surface area contributed by atoms with Crippen molar-refractivity contribution in [3.8, 4) is 0 Å². The molecule has 0 saturated carbocycles. The number of Topliss-reactive ketones (excluding diaryl/α,β-unsaturated/α-hetero) is 1. The molecule has 0 aliphatic heterocycles. The largest absolute Gasteiger partial charge is 0.481 e. The van der Waals surface area contributed by atoms with E-state index >= 15 is 0 Å². The van der Waals surface area contributed by atoms with Gasteiger partial charge in [0.1, 0.15) is 10.8 Å². The SMILES string of the molecule is O=C(O)CC(NS(=O)(=O)c1ccc(CNC(=O)c2ccc(Cl)cc2)s1)C(=O)Cn1nnc(Cc2c(Cl)cccc2Cl)n1. The number of nitrogens with zero attached hydrogens (tertiary/aromatic N) is 4. The van der Waals surface area contributed by atoms with Crippen molar-refractivity contribution >= 4 is 73.8 Å². The number of thiophene rings is 1. The fourth-order valence-electron chi connectivity index (χ4n) is 3.63. The Morgan fingerprint density at radius 3 is 2.36 bits per heavy atom. The summed E-state index contributed by atoms with van der Waals surface area (Å²) in [5.41, 5.74) is 0.935. The van der Waals surface area contributed by atoms with Crippen LogP contribution in [0.15, 0.2) is 58.8 Å². The molecule has 220 valence electrons. The smallest absolute Gasteiger partial charge is 0.305 e. The quantitative estimate of drug-likeness (QED) is 0.192. The zero-order valence-corrected chi connectivity index (χ0v) is 25.2. The van der Waals surface area contributed by atoms with Gasteiger partial charge < -0.3 is 10.4 Å². The number of ketones is 1. The zero-order valence-electron chi connectivity index (χ0n) is 21.3. The number of nitrogens with one attached hydrogen (secondary N) is 2. The van der Waals surface area contributed by atoms with Crippen LogP contribution in [0.4, 0.5) is 0 Å². The van der Waals surface area contributed by atoms with Gasteiger partial charge in [0.15, 0.2) is 11.6 Å². The Bertz CT molecular complexity index is 1710. The van der Waals surface area contributed by atoms with Gasteiger partial charge in [-0.1, -0.05) is 40.9 Å². The first-order chi connectivity index (χ1) is 19.9. The zero-order chi connectivity index (χ0) is 30.4. The number of carboxylic acids is 1. The van der Waals surface area contributed by atoms with Crippen molar-refractivity contribution in [1.82, 2.24) is 30.2 Å². The summed E-state index contributed by atoms with van der Waals surface area (Å²) in [5.74, 6) is -2.38. The number of aliphatic carboxylic acids is 1. The highest BCUT2D eigenvalue weighted by Crippen LogP contribution is 2.26. The lowest BCUT2D eigenvalue weighted by Gasteiger charge is -2.15. The van der Waals surface area contributed by atoms with Crippen molar-refractivity contribution in [2.45, 2.75) is 36.2 Å². The lowest BCUT2D eigenvalue weighted by Crippen LogP contribution is -2.43. The van der Waals surface area contributed by atoms with E-state index in [1.807, 2.05) is 0 Å². The molecule has 42 heavy (non-hydrogen) atoms. The lowest BCUT2D eigenvalue weighted by atomic mass is 10.1. The topological polar surface area (TPSA) is 173 Å². The molecule has 2 aromatic carbocycles. The number of carbonyl (C=O) groups excluding carboxylic acids is 2. The maximum atomic E-state index is 13.0. The summed E-state index contributed by atoms with van der Waals surface area (Å²) in [6.45, 7) is -0.505. The minimum absolute atomic E-state index is 0.0405. The molecule has 0 spiro atoms. The predicted molar refractivity (Wildman–Crippen MR) is 155 cm³/mol. The second kappa shape index (κ2) is 13.7. The van der Waals surface area contributed by atoms with Gasteiger partial charge >= 0.3 is 5.97 Å². The molecule has 4 rings (SSSR count). The number of aromatic nitrogens is 4. The van der Waals surface area contributed by atoms with E-state index in [1.54, 1.807) is 42.5 Å². The van der Waals surface area contributed by atoms with Gasteiger partial charge in [-0.25, -0.2) is 8.42 Å². The molecule has 0 aliphatic rings. The van der Waals surface area contributed by atoms with E-state index in [2.05, 4.69) is 25.4 Å². The summed E-state index contributed by atoms with van der Waals surface area (Å²) in [5, 5.41) is 25.0. The highest BCUT2D eigenvalue weighted by molar-refractivity contribution is 7.91. The summed E-state index contributed by atoms with van der Waals surface area (Å²) in [6.07, 6.45) is -0.691. The van der Waals surface area contributed by atoms with Crippen LogP contribution in [0, 0.1) is 0 Å². The molecule has 0 radical (unpaired) electrons. The number of hydrogen-bond donors (Lipinski definition) is 3. The molecule has 17 heteroatoms. The van der Waals surface area contributed by atoms with Gasteiger partial charge in [0, 0.05) is 31.9 Å². The number of halogens is 3. The molecule has 0 aliphatic carbocycles. The van der Waals surface area contributed by atoms with E-state index in [4.69, 9.17) is 34.8 Å². The van der Waals surface area contributed by atoms with Crippen LogP contribution in [-0.4, -0.2) is 57.4 Å². The number of benzene rings is 2. The highest BCUT2D eigenvalue weighted by Gasteiger charge is 2.29. The average molecular weight is 672 g/mol. The van der Waals surface area contributed by atoms with Gasteiger partial charge in [-0.05, 0) is 59.3 Å². The third-order valence-corrected chi connectivity index (χ3v) is 9.69. The summed E-state index contributed by atoms with van der Waals surface area (Å²) < 4.78 is 28.1. The van der Waals surface area contributed by atoms with Crippen LogP contribution < -0.4 is 10.0 Å². The lowest BCUT2D eigenvalue weighted by molar-refractivity contribution is -0.139. The maximum Gasteiger partial charge on any atom is 0.305 e. The highest BCUT2D eigenvalue weighted by atomic mass is 35.5. The fraction of sp³-hybridized carbons (Fsp3) is 0.200. The summed E-state index contributed by atoms with van der Waals surface area (Å²) >= 11 is 19.0. The van der Waals surface area contributed by atoms with E-state index in [1.165, 1.54) is 12.1 Å². The summed E-state index contributed by atoms with van der Waals surface area (Å²) in [6, 6.07) is 12.4. The van der Waals surface area contributed by atoms with Gasteiger partial charge in [0.25, 0.3) is 15.9 Å². The molecule has 1 atom stereocenters. The van der Waals surface area contributed by atoms with Crippen LogP contribution in [0.3, 0.4) is 0 Å². The van der Waals surface area contributed by atoms with E-state index in [-0.39, 0.29) is 28.9 Å². The van der Waals surface area contributed by atoms with Gasteiger partial charge in [0.05, 0.1) is 19.0 Å². The molecule has 3 N–H and O–H groups in total. The van der Waals surface area contributed by atoms with E-state index in [0.717, 1.165) is 16.1 Å². The van der Waals surface area contributed by atoms with Gasteiger partial charge in [-0.2, -0.15) is 9.52 Å². The Kier molecular flexibility index (Phi) is 10.3. The molecule has 12 nitrogen and oxygen atoms in total. The first-order valence-corrected chi connectivity index (χ1v) is 15.4. The van der Waals surface area contributed by atoms with Crippen molar-refractivity contribution in [3.05, 3.63) is 91.5 Å². The van der Waals surface area contributed by atoms with Crippen LogP contribution in [0.25, 0.3) is 0 Å². The molecule has 2 aromatic heterocycles. The maximum absolute atomic E-state index is 13.0. The molecule has 0 bridgehead atoms. The van der Waals surface area contributed by atoms with Crippen LogP contribution in [-0.2, 0) is 39.1 Å². The number of carbonyl (C=O) groups is 3. The Morgan fingerprint density at radius 1 is 1.00 bits per heavy atom. The third-order valence-electron chi connectivity index (χ3n) is 5.68. The first kappa shape index (κ1) is 31.5. The number of amides is 1. The number of hydrogen-bond acceptors (Lipinski definition) is 9. The standard InChI is InChI=1S/C25H21Cl3N6O6S2/c26-15-6-4-14(5-7-15)25(38)29-12-16-8-9-24(41-16)42(39,40)32-20(11-23(36)37)21(35)13-34-31-22(30-33-34)10-17-18(27)2-1-3-19(17)28/h1-9,20,32H,10-13H2,(H,29,38)(H,36,37). The molecule has 1 unspecified atom stereocenters. The van der Waals surface area contributed by atoms with Gasteiger partial charge in [-0.3, -0.25) is 14.4 Å². The van der Waals surface area contributed by atoms with Crippen molar-refractivity contribution in [3.63, 3.8) is 0 Å². The number of rotatable bonds is 13. The molecular weight excluding hydrogens is 651 g/mol. The average Bonchev–Trinajstić information content (AvgIpc) is 3.59. The molecule has 4 aromatic rings. The summed E-state index contributed by atoms with van der Waals surface area (Å²) in [7, 11) is -4.30. The molecule has 0 fully saturated rings. The molecule has 0 saturated heterocycles. The Labute approximate surface area is 258 Å². The predicted octanol–water partition coefficient (Wildman–Crippen LogP) is 3.61. The molecule has 1 amide bonds. The van der Waals surface area contributed by atoms with Crippen molar-refractivity contribution in [1.29, 1.82) is 0 Å². The van der Waals surface area contributed by atoms with Crippen molar-refractivity contribution in [2.24, 2.45) is 0 Å². The fourth-order valence-corrected chi connectivity index (χ4v) is 6.82. The summed E-state index contributed by atoms with van der Waals surface area (Å²) in [4.78, 5) is 38.2. The first-order valence-electron chi connectivity index (χ1n) is 12.0. The minimum Gasteiger partial charge on any atom is -0.481 e. The van der Waals surface area contributed by atoms with Crippen molar-refractivity contribution in [2.75, 3.05) is 0 Å². The Morgan fingerprint density at radius 2 is 1.69 bits per heavy atom. The monoisotopic (exact) mass is 670 g/mol. The van der Waals surface area contributed by atoms with E-state index in [9.17, 15) is 27.9 Å². The normalized spacial score (nSPS) is 12.2. The van der Waals surface area contributed by atoms with Crippen LogP contribution in [0.5, 0.6) is 0 Å². The molecule has 2 heterocycles. The van der Waals surface area contributed by atoms with Crippen molar-refractivity contribution < 1.29 is 27.9 Å². The second-order valence-electron chi connectivity index (χ2n) is 8.76. The number of sulfonamides is 1. The number of tetrazole rings is 1.